The van der Waals surface area contributed by atoms with Crippen LogP contribution < -0.4 is 10.5 Å². The zero-order chi connectivity index (χ0) is 21.1. The molecule has 2 heterocycles. The Balaban J connectivity index is 1.51. The van der Waals surface area contributed by atoms with Gasteiger partial charge in [-0.3, -0.25) is 4.79 Å². The molecule has 0 fully saturated rings. The van der Waals surface area contributed by atoms with E-state index in [1.165, 1.54) is 11.8 Å². The maximum Gasteiger partial charge on any atom is 0.277 e. The number of hydrogen-bond donors (Lipinski definition) is 1. The number of fused-ring (bicyclic) bond motifs is 1. The van der Waals surface area contributed by atoms with Crippen LogP contribution in [0.5, 0.6) is 0 Å². The molecule has 0 aliphatic heterocycles. The Hall–Kier alpha value is -3.13. The number of nitrogens with one attached hydrogen (secondary N) is 1. The molecule has 1 atom stereocenters. The maximum atomic E-state index is 12.3. The van der Waals surface area contributed by atoms with Crippen molar-refractivity contribution < 1.29 is 4.42 Å². The van der Waals surface area contributed by atoms with E-state index in [0.29, 0.717) is 27.8 Å². The summed E-state index contributed by atoms with van der Waals surface area (Å²) < 4.78 is 5.84. The van der Waals surface area contributed by atoms with Crippen LogP contribution in [0.4, 0.5) is 5.69 Å². The van der Waals surface area contributed by atoms with Gasteiger partial charge in [-0.05, 0) is 57.2 Å². The minimum Gasteiger partial charge on any atom is -0.411 e. The highest BCUT2D eigenvalue weighted by Crippen LogP contribution is 2.34. The highest BCUT2D eigenvalue weighted by Gasteiger charge is 2.17. The largest absolute Gasteiger partial charge is 0.411 e. The average Bonchev–Trinajstić information content (AvgIpc) is 3.23. The van der Waals surface area contributed by atoms with E-state index in [9.17, 15) is 4.79 Å². The third-order valence-electron chi connectivity index (χ3n) is 4.94. The average molecular weight is 422 g/mol. The van der Waals surface area contributed by atoms with Crippen LogP contribution in [0.3, 0.4) is 0 Å². The molecule has 0 spiro atoms. The molecule has 0 saturated carbocycles. The van der Waals surface area contributed by atoms with Crippen LogP contribution >= 0.6 is 11.8 Å². The van der Waals surface area contributed by atoms with Gasteiger partial charge in [0.1, 0.15) is 5.82 Å². The highest BCUT2D eigenvalue weighted by molar-refractivity contribution is 7.99. The summed E-state index contributed by atoms with van der Waals surface area (Å²) in [4.78, 5) is 22.0. The van der Waals surface area contributed by atoms with Crippen molar-refractivity contribution in [2.75, 3.05) is 18.0 Å². The molecule has 0 saturated heterocycles. The molecule has 154 valence electrons. The second kappa shape index (κ2) is 8.71. The predicted molar refractivity (Wildman–Crippen MR) is 120 cm³/mol. The molecule has 2 aromatic heterocycles. The monoisotopic (exact) mass is 421 g/mol. The van der Waals surface area contributed by atoms with Crippen LogP contribution in [0.25, 0.3) is 22.4 Å². The Kier molecular flexibility index (Phi) is 5.85. The minimum atomic E-state index is -0.152. The number of aromatic nitrogens is 4. The highest BCUT2D eigenvalue weighted by atomic mass is 32.2. The van der Waals surface area contributed by atoms with Gasteiger partial charge in [0.25, 0.3) is 10.8 Å². The lowest BCUT2D eigenvalue weighted by molar-refractivity contribution is 0.465. The molecule has 0 amide bonds. The van der Waals surface area contributed by atoms with Crippen molar-refractivity contribution in [2.24, 2.45) is 0 Å². The quantitative estimate of drug-likeness (QED) is 0.434. The topological polar surface area (TPSA) is 87.9 Å². The third-order valence-corrected chi connectivity index (χ3v) is 5.89. The van der Waals surface area contributed by atoms with Crippen molar-refractivity contribution in [3.05, 3.63) is 64.7 Å². The molecular weight excluding hydrogens is 398 g/mol. The lowest BCUT2D eigenvalue weighted by Gasteiger charge is -2.20. The van der Waals surface area contributed by atoms with Crippen LogP contribution in [0.1, 0.15) is 31.8 Å². The molecule has 0 aliphatic carbocycles. The zero-order valence-electron chi connectivity index (χ0n) is 17.1. The molecule has 8 heteroatoms. The Labute approximate surface area is 178 Å². The van der Waals surface area contributed by atoms with Gasteiger partial charge >= 0.3 is 0 Å². The Bertz CT molecular complexity index is 1200. The fraction of sp³-hybridized carbons (Fsp3) is 0.273. The Morgan fingerprint density at radius 2 is 1.80 bits per heavy atom. The second-order valence-electron chi connectivity index (χ2n) is 6.82. The van der Waals surface area contributed by atoms with Gasteiger partial charge in [-0.15, -0.1) is 10.2 Å². The number of aromatic amines is 1. The zero-order valence-corrected chi connectivity index (χ0v) is 17.9. The van der Waals surface area contributed by atoms with Gasteiger partial charge in [0, 0.05) is 24.3 Å². The van der Waals surface area contributed by atoms with Crippen molar-refractivity contribution in [1.29, 1.82) is 0 Å². The van der Waals surface area contributed by atoms with Gasteiger partial charge in [-0.25, -0.2) is 4.98 Å². The molecule has 1 N–H and O–H groups in total. The Morgan fingerprint density at radius 1 is 1.07 bits per heavy atom. The number of hydrogen-bond acceptors (Lipinski definition) is 7. The number of anilines is 1. The minimum absolute atomic E-state index is 0.150. The molecule has 2 aromatic carbocycles. The Morgan fingerprint density at radius 3 is 2.53 bits per heavy atom. The summed E-state index contributed by atoms with van der Waals surface area (Å²) in [6.07, 6.45) is 0. The van der Waals surface area contributed by atoms with Gasteiger partial charge < -0.3 is 14.3 Å². The van der Waals surface area contributed by atoms with Crippen LogP contribution in [-0.4, -0.2) is 33.3 Å². The van der Waals surface area contributed by atoms with Gasteiger partial charge in [-0.1, -0.05) is 23.9 Å². The summed E-state index contributed by atoms with van der Waals surface area (Å²) in [5.41, 5.74) is 2.55. The van der Waals surface area contributed by atoms with Gasteiger partial charge in [0.2, 0.25) is 5.89 Å². The van der Waals surface area contributed by atoms with Crippen molar-refractivity contribution in [3.8, 4) is 11.5 Å². The van der Waals surface area contributed by atoms with Crippen LogP contribution in [0.2, 0.25) is 0 Å². The van der Waals surface area contributed by atoms with Crippen molar-refractivity contribution in [2.45, 2.75) is 31.2 Å². The molecule has 0 bridgehead atoms. The summed E-state index contributed by atoms with van der Waals surface area (Å²) in [6.45, 7) is 8.13. The SMILES string of the molecule is CCN(CC)c1ccc(-c2nnc(SC(C)c3nc4ccccc4c(=O)[nH]3)o2)cc1. The molecule has 0 radical (unpaired) electrons. The van der Waals surface area contributed by atoms with Crippen molar-refractivity contribution in [3.63, 3.8) is 0 Å². The normalized spacial score (nSPS) is 12.2. The molecule has 4 aromatic rings. The molecule has 7 nitrogen and oxygen atoms in total. The van der Waals surface area contributed by atoms with E-state index in [0.717, 1.165) is 24.3 Å². The summed E-state index contributed by atoms with van der Waals surface area (Å²) in [5, 5.41) is 9.18. The second-order valence-corrected chi connectivity index (χ2v) is 8.11. The number of benzene rings is 2. The lowest BCUT2D eigenvalue weighted by atomic mass is 10.2. The van der Waals surface area contributed by atoms with Gasteiger partial charge in [0.05, 0.1) is 16.2 Å². The summed E-state index contributed by atoms with van der Waals surface area (Å²) in [7, 11) is 0. The van der Waals surface area contributed by atoms with Gasteiger partial charge in [0.15, 0.2) is 0 Å². The number of thioether (sulfide) groups is 1. The summed E-state index contributed by atoms with van der Waals surface area (Å²) in [6, 6.07) is 15.4. The van der Waals surface area contributed by atoms with Gasteiger partial charge in [-0.2, -0.15) is 0 Å². The fourth-order valence-corrected chi connectivity index (χ4v) is 4.02. The van der Waals surface area contributed by atoms with Crippen LogP contribution in [0.15, 0.2) is 63.0 Å². The fourth-order valence-electron chi connectivity index (χ4n) is 3.28. The van der Waals surface area contributed by atoms with E-state index < -0.39 is 0 Å². The molecular formula is C22H23N5O2S. The standard InChI is InChI=1S/C22H23N5O2S/c1-4-27(5-2)16-12-10-15(11-13-16)21-25-26-22(29-21)30-14(3)19-23-18-9-7-6-8-17(18)20(28)24-19/h6-14H,4-5H2,1-3H3,(H,23,24,28). The molecule has 4 rings (SSSR count). The van der Waals surface area contributed by atoms with Crippen LogP contribution in [0, 0.1) is 0 Å². The van der Waals surface area contributed by atoms with Crippen molar-refractivity contribution in [1.82, 2.24) is 20.2 Å². The first-order valence-electron chi connectivity index (χ1n) is 9.93. The smallest absolute Gasteiger partial charge is 0.277 e. The summed E-state index contributed by atoms with van der Waals surface area (Å²) >= 11 is 1.36. The van der Waals surface area contributed by atoms with E-state index in [1.54, 1.807) is 6.07 Å². The first-order valence-corrected chi connectivity index (χ1v) is 10.8. The van der Waals surface area contributed by atoms with E-state index in [2.05, 4.69) is 51.0 Å². The first kappa shape index (κ1) is 20.2. The number of H-pyrrole nitrogens is 1. The number of rotatable bonds is 7. The van der Waals surface area contributed by atoms with Crippen LogP contribution in [-0.2, 0) is 0 Å². The molecule has 30 heavy (non-hydrogen) atoms. The summed E-state index contributed by atoms with van der Waals surface area (Å²) in [5.74, 6) is 1.04. The van der Waals surface area contributed by atoms with E-state index in [-0.39, 0.29) is 10.8 Å². The molecule has 0 aliphatic rings. The van der Waals surface area contributed by atoms with Crippen molar-refractivity contribution >= 4 is 28.4 Å². The van der Waals surface area contributed by atoms with E-state index in [1.807, 2.05) is 37.3 Å². The predicted octanol–water partition coefficient (Wildman–Crippen LogP) is 4.67. The number of nitrogens with zero attached hydrogens (tertiary/aromatic N) is 4. The maximum absolute atomic E-state index is 12.3. The first-order chi connectivity index (χ1) is 14.6. The number of para-hydroxylation sites is 1. The third kappa shape index (κ3) is 4.09. The van der Waals surface area contributed by atoms with E-state index in [4.69, 9.17) is 4.42 Å². The van der Waals surface area contributed by atoms with E-state index >= 15 is 0 Å². The lowest BCUT2D eigenvalue weighted by Crippen LogP contribution is -2.21. The molecule has 1 unspecified atom stereocenters.